The van der Waals surface area contributed by atoms with Gasteiger partial charge in [-0.3, -0.25) is 4.79 Å². The lowest BCUT2D eigenvalue weighted by Crippen LogP contribution is -2.47. The van der Waals surface area contributed by atoms with Gasteiger partial charge in [0.15, 0.2) is 5.16 Å². The topological polar surface area (TPSA) is 54.3 Å². The number of aryl methyl sites for hydroxylation is 1. The fourth-order valence-electron chi connectivity index (χ4n) is 2.08. The Bertz CT molecular complexity index is 479. The van der Waals surface area contributed by atoms with Crippen molar-refractivity contribution in [2.75, 3.05) is 39.0 Å². The minimum absolute atomic E-state index is 0.175. The zero-order chi connectivity index (χ0) is 14.5. The van der Waals surface area contributed by atoms with Gasteiger partial charge in [-0.25, -0.2) is 0 Å². The quantitative estimate of drug-likeness (QED) is 0.589. The molecule has 0 atom stereocenters. The van der Waals surface area contributed by atoms with E-state index < -0.39 is 0 Å². The number of hydrogen-bond acceptors (Lipinski definition) is 5. The Kier molecular flexibility index (Phi) is 5.19. The number of piperazine rings is 1. The van der Waals surface area contributed by atoms with Crippen LogP contribution >= 0.6 is 11.8 Å². The first-order chi connectivity index (χ1) is 9.61. The summed E-state index contributed by atoms with van der Waals surface area (Å²) in [7, 11) is 2.08. The van der Waals surface area contributed by atoms with Crippen molar-refractivity contribution < 1.29 is 4.79 Å². The molecular formula is C13H21N5OS. The molecule has 0 bridgehead atoms. The molecule has 0 saturated carbocycles. The molecule has 1 saturated heterocycles. The summed E-state index contributed by atoms with van der Waals surface area (Å²) in [4.78, 5) is 16.3. The first-order valence-corrected chi connectivity index (χ1v) is 7.70. The number of likely N-dealkylation sites (N-methyl/N-ethyl adjacent to an activating group) is 1. The van der Waals surface area contributed by atoms with Crippen LogP contribution in [0.15, 0.2) is 17.8 Å². The van der Waals surface area contributed by atoms with E-state index in [9.17, 15) is 4.79 Å². The summed E-state index contributed by atoms with van der Waals surface area (Å²) in [6.45, 7) is 9.82. The standard InChI is InChI=1S/C13H21N5OS/c1-4-5-18-11(2)14-15-13(18)20-10-12(19)17-8-6-16(3)7-9-17/h4H,1,5-10H2,2-3H3. The molecule has 1 aliphatic heterocycles. The van der Waals surface area contributed by atoms with Crippen molar-refractivity contribution in [1.82, 2.24) is 24.6 Å². The molecule has 0 N–H and O–H groups in total. The largest absolute Gasteiger partial charge is 0.339 e. The van der Waals surface area contributed by atoms with Crippen molar-refractivity contribution >= 4 is 17.7 Å². The monoisotopic (exact) mass is 295 g/mol. The minimum atomic E-state index is 0.175. The maximum absolute atomic E-state index is 12.2. The Hall–Kier alpha value is -1.34. The van der Waals surface area contributed by atoms with Crippen LogP contribution in [0.5, 0.6) is 0 Å². The van der Waals surface area contributed by atoms with E-state index in [0.717, 1.165) is 37.2 Å². The predicted molar refractivity (Wildman–Crippen MR) is 79.8 cm³/mol. The lowest BCUT2D eigenvalue weighted by Gasteiger charge is -2.32. The molecule has 2 heterocycles. The molecule has 0 aromatic carbocycles. The highest BCUT2D eigenvalue weighted by Gasteiger charge is 2.20. The number of nitrogens with zero attached hydrogens (tertiary/aromatic N) is 5. The molecule has 0 aliphatic carbocycles. The summed E-state index contributed by atoms with van der Waals surface area (Å²) in [6, 6.07) is 0. The van der Waals surface area contributed by atoms with Crippen molar-refractivity contribution in [3.05, 3.63) is 18.5 Å². The first-order valence-electron chi connectivity index (χ1n) is 6.71. The molecule has 0 radical (unpaired) electrons. The Morgan fingerprint density at radius 1 is 1.35 bits per heavy atom. The summed E-state index contributed by atoms with van der Waals surface area (Å²) in [5.74, 6) is 1.44. The smallest absolute Gasteiger partial charge is 0.233 e. The van der Waals surface area contributed by atoms with Gasteiger partial charge < -0.3 is 14.4 Å². The Morgan fingerprint density at radius 3 is 2.70 bits per heavy atom. The van der Waals surface area contributed by atoms with Crippen LogP contribution in [0.2, 0.25) is 0 Å². The number of amides is 1. The van der Waals surface area contributed by atoms with Crippen molar-refractivity contribution in [2.24, 2.45) is 0 Å². The summed E-state index contributed by atoms with van der Waals surface area (Å²) in [5.41, 5.74) is 0. The number of aromatic nitrogens is 3. The second-order valence-electron chi connectivity index (χ2n) is 4.90. The molecule has 1 aromatic heterocycles. The van der Waals surface area contributed by atoms with Crippen LogP contribution in [0.4, 0.5) is 0 Å². The highest BCUT2D eigenvalue weighted by atomic mass is 32.2. The second kappa shape index (κ2) is 6.90. The number of carbonyl (C=O) groups is 1. The van der Waals surface area contributed by atoms with Crippen molar-refractivity contribution in [3.63, 3.8) is 0 Å². The molecule has 2 rings (SSSR count). The maximum atomic E-state index is 12.2. The first kappa shape index (κ1) is 15.1. The Morgan fingerprint density at radius 2 is 2.05 bits per heavy atom. The minimum Gasteiger partial charge on any atom is -0.339 e. The third kappa shape index (κ3) is 3.61. The van der Waals surface area contributed by atoms with Gasteiger partial charge in [0.25, 0.3) is 0 Å². The summed E-state index contributed by atoms with van der Waals surface area (Å²) >= 11 is 1.45. The van der Waals surface area contributed by atoms with Gasteiger partial charge in [0.2, 0.25) is 5.91 Å². The molecule has 1 fully saturated rings. The lowest BCUT2D eigenvalue weighted by atomic mass is 10.3. The number of thioether (sulfide) groups is 1. The molecule has 0 spiro atoms. The Balaban J connectivity index is 1.88. The van der Waals surface area contributed by atoms with E-state index in [1.807, 2.05) is 22.5 Å². The van der Waals surface area contributed by atoms with Gasteiger partial charge in [-0.05, 0) is 14.0 Å². The molecule has 1 amide bonds. The fourth-order valence-corrected chi connectivity index (χ4v) is 2.98. The van der Waals surface area contributed by atoms with Crippen LogP contribution in [-0.2, 0) is 11.3 Å². The fraction of sp³-hybridized carbons (Fsp3) is 0.615. The zero-order valence-corrected chi connectivity index (χ0v) is 12.9. The van der Waals surface area contributed by atoms with E-state index in [1.165, 1.54) is 11.8 Å². The molecule has 1 aromatic rings. The molecule has 20 heavy (non-hydrogen) atoms. The molecule has 6 nitrogen and oxygen atoms in total. The second-order valence-corrected chi connectivity index (χ2v) is 5.84. The number of rotatable bonds is 5. The van der Waals surface area contributed by atoms with Gasteiger partial charge in [-0.1, -0.05) is 17.8 Å². The van der Waals surface area contributed by atoms with E-state index in [0.29, 0.717) is 12.3 Å². The highest BCUT2D eigenvalue weighted by Crippen LogP contribution is 2.17. The third-order valence-corrected chi connectivity index (χ3v) is 4.35. The van der Waals surface area contributed by atoms with Crippen LogP contribution in [0.3, 0.4) is 0 Å². The average Bonchev–Trinajstić information content (AvgIpc) is 2.79. The number of hydrogen-bond donors (Lipinski definition) is 0. The van der Waals surface area contributed by atoms with E-state index in [1.54, 1.807) is 0 Å². The SMILES string of the molecule is C=CCn1c(C)nnc1SCC(=O)N1CCN(C)CC1. The maximum Gasteiger partial charge on any atom is 0.233 e. The van der Waals surface area contributed by atoms with Gasteiger partial charge >= 0.3 is 0 Å². The van der Waals surface area contributed by atoms with Crippen molar-refractivity contribution in [1.29, 1.82) is 0 Å². The van der Waals surface area contributed by atoms with Crippen LogP contribution in [0.25, 0.3) is 0 Å². The van der Waals surface area contributed by atoms with Gasteiger partial charge in [0.05, 0.1) is 5.75 Å². The van der Waals surface area contributed by atoms with Crippen LogP contribution < -0.4 is 0 Å². The van der Waals surface area contributed by atoms with E-state index in [-0.39, 0.29) is 5.91 Å². The van der Waals surface area contributed by atoms with Gasteiger partial charge in [-0.15, -0.1) is 16.8 Å². The van der Waals surface area contributed by atoms with Crippen LogP contribution in [0.1, 0.15) is 5.82 Å². The third-order valence-electron chi connectivity index (χ3n) is 3.39. The van der Waals surface area contributed by atoms with Crippen LogP contribution in [-0.4, -0.2) is 69.5 Å². The van der Waals surface area contributed by atoms with E-state index in [2.05, 4.69) is 28.7 Å². The van der Waals surface area contributed by atoms with Gasteiger partial charge in [-0.2, -0.15) is 0 Å². The molecule has 1 aliphatic rings. The van der Waals surface area contributed by atoms with Gasteiger partial charge in [0.1, 0.15) is 5.82 Å². The summed E-state index contributed by atoms with van der Waals surface area (Å²) in [6.07, 6.45) is 1.81. The summed E-state index contributed by atoms with van der Waals surface area (Å²) in [5, 5.41) is 8.94. The molecular weight excluding hydrogens is 274 g/mol. The van der Waals surface area contributed by atoms with Crippen molar-refractivity contribution in [3.8, 4) is 0 Å². The van der Waals surface area contributed by atoms with Crippen LogP contribution in [0, 0.1) is 6.92 Å². The summed E-state index contributed by atoms with van der Waals surface area (Å²) < 4.78 is 1.97. The lowest BCUT2D eigenvalue weighted by molar-refractivity contribution is -0.129. The zero-order valence-electron chi connectivity index (χ0n) is 12.1. The average molecular weight is 295 g/mol. The number of carbonyl (C=O) groups excluding carboxylic acids is 1. The van der Waals surface area contributed by atoms with E-state index >= 15 is 0 Å². The number of allylic oxidation sites excluding steroid dienone is 1. The van der Waals surface area contributed by atoms with Crippen molar-refractivity contribution in [2.45, 2.75) is 18.6 Å². The normalized spacial score (nSPS) is 16.4. The van der Waals surface area contributed by atoms with Gasteiger partial charge in [0, 0.05) is 32.7 Å². The molecule has 110 valence electrons. The molecule has 7 heteroatoms. The van der Waals surface area contributed by atoms with E-state index in [4.69, 9.17) is 0 Å². The highest BCUT2D eigenvalue weighted by molar-refractivity contribution is 7.99. The predicted octanol–water partition coefficient (Wildman–Crippen LogP) is 0.639. The Labute approximate surface area is 123 Å². The molecule has 0 unspecified atom stereocenters.